The van der Waals surface area contributed by atoms with Gasteiger partial charge in [-0.2, -0.15) is 0 Å². The molecule has 7 nitrogen and oxygen atoms in total. The van der Waals surface area contributed by atoms with E-state index in [4.69, 9.17) is 21.1 Å². The SMILES string of the molecule is CN(C)CCN1C(=O)C(=O)C(=C(O)c2ccc3c(c2)OCCO3)[C@@H]1c1ccc(Cl)cc1. The van der Waals surface area contributed by atoms with Crippen LogP contribution in [0, 0.1) is 0 Å². The number of aliphatic hydroxyl groups excluding tert-OH is 1. The molecule has 8 heteroatoms. The number of hydrogen-bond donors (Lipinski definition) is 1. The van der Waals surface area contributed by atoms with Gasteiger partial charge in [-0.05, 0) is 50.0 Å². The molecular weight excluding hydrogens is 420 g/mol. The van der Waals surface area contributed by atoms with E-state index in [-0.39, 0.29) is 11.3 Å². The highest BCUT2D eigenvalue weighted by atomic mass is 35.5. The molecule has 1 saturated heterocycles. The number of rotatable bonds is 5. The van der Waals surface area contributed by atoms with Crippen molar-refractivity contribution in [3.8, 4) is 11.5 Å². The molecule has 2 heterocycles. The van der Waals surface area contributed by atoms with Gasteiger partial charge in [0, 0.05) is 23.7 Å². The molecule has 0 bridgehead atoms. The van der Waals surface area contributed by atoms with Gasteiger partial charge in [0.25, 0.3) is 11.7 Å². The van der Waals surface area contributed by atoms with Gasteiger partial charge in [-0.3, -0.25) is 9.59 Å². The highest BCUT2D eigenvalue weighted by molar-refractivity contribution is 6.46. The summed E-state index contributed by atoms with van der Waals surface area (Å²) in [7, 11) is 3.78. The van der Waals surface area contributed by atoms with E-state index in [0.717, 1.165) is 0 Å². The fraction of sp³-hybridized carbons (Fsp3) is 0.304. The highest BCUT2D eigenvalue weighted by Crippen LogP contribution is 2.41. The van der Waals surface area contributed by atoms with Crippen LogP contribution < -0.4 is 9.47 Å². The van der Waals surface area contributed by atoms with E-state index in [1.807, 2.05) is 19.0 Å². The Morgan fingerprint density at radius 3 is 2.45 bits per heavy atom. The average molecular weight is 443 g/mol. The number of fused-ring (bicyclic) bond motifs is 1. The molecule has 2 aliphatic rings. The minimum Gasteiger partial charge on any atom is -0.507 e. The number of benzene rings is 2. The van der Waals surface area contributed by atoms with Gasteiger partial charge >= 0.3 is 0 Å². The van der Waals surface area contributed by atoms with E-state index in [9.17, 15) is 14.7 Å². The van der Waals surface area contributed by atoms with Crippen molar-refractivity contribution in [2.75, 3.05) is 40.4 Å². The molecule has 1 atom stereocenters. The molecule has 31 heavy (non-hydrogen) atoms. The Labute approximate surface area is 185 Å². The lowest BCUT2D eigenvalue weighted by Crippen LogP contribution is -2.35. The van der Waals surface area contributed by atoms with E-state index in [1.165, 1.54) is 4.90 Å². The van der Waals surface area contributed by atoms with Crippen molar-refractivity contribution >= 4 is 29.1 Å². The third-order valence-corrected chi connectivity index (χ3v) is 5.58. The van der Waals surface area contributed by atoms with Gasteiger partial charge in [0.15, 0.2) is 11.5 Å². The van der Waals surface area contributed by atoms with E-state index >= 15 is 0 Å². The fourth-order valence-corrected chi connectivity index (χ4v) is 3.88. The van der Waals surface area contributed by atoms with Crippen LogP contribution in [0.5, 0.6) is 11.5 Å². The number of ether oxygens (including phenoxy) is 2. The second-order valence-electron chi connectivity index (χ2n) is 7.71. The summed E-state index contributed by atoms with van der Waals surface area (Å²) in [4.78, 5) is 29.3. The average Bonchev–Trinajstić information content (AvgIpc) is 3.02. The van der Waals surface area contributed by atoms with Crippen molar-refractivity contribution in [1.29, 1.82) is 0 Å². The first kappa shape index (κ1) is 21.2. The van der Waals surface area contributed by atoms with Crippen molar-refractivity contribution in [3.05, 3.63) is 64.2 Å². The molecule has 2 aromatic rings. The summed E-state index contributed by atoms with van der Waals surface area (Å²) in [6.07, 6.45) is 0. The van der Waals surface area contributed by atoms with E-state index in [0.29, 0.717) is 54.0 Å². The number of hydrogen-bond acceptors (Lipinski definition) is 6. The van der Waals surface area contributed by atoms with E-state index in [2.05, 4.69) is 0 Å². The number of aliphatic hydroxyl groups is 1. The zero-order chi connectivity index (χ0) is 22.1. The van der Waals surface area contributed by atoms with Crippen LogP contribution in [-0.2, 0) is 9.59 Å². The predicted molar refractivity (Wildman–Crippen MR) is 116 cm³/mol. The first-order chi connectivity index (χ1) is 14.9. The Hall–Kier alpha value is -3.03. The molecule has 0 saturated carbocycles. The second kappa shape index (κ2) is 8.61. The molecule has 0 spiro atoms. The fourth-order valence-electron chi connectivity index (χ4n) is 3.76. The van der Waals surface area contributed by atoms with Crippen molar-refractivity contribution in [2.45, 2.75) is 6.04 Å². The zero-order valence-corrected chi connectivity index (χ0v) is 18.1. The maximum Gasteiger partial charge on any atom is 0.295 e. The van der Waals surface area contributed by atoms with Crippen molar-refractivity contribution in [2.24, 2.45) is 0 Å². The normalized spacial score (nSPS) is 19.9. The number of nitrogens with zero attached hydrogens (tertiary/aromatic N) is 2. The minimum absolute atomic E-state index is 0.0442. The van der Waals surface area contributed by atoms with Crippen LogP contribution in [0.1, 0.15) is 17.2 Å². The smallest absolute Gasteiger partial charge is 0.295 e. The molecule has 0 aliphatic carbocycles. The lowest BCUT2D eigenvalue weighted by Gasteiger charge is -2.26. The molecule has 1 fully saturated rings. The molecule has 1 amide bonds. The number of carbonyl (C=O) groups excluding carboxylic acids is 2. The summed E-state index contributed by atoms with van der Waals surface area (Å²) in [5.74, 6) is -0.543. The van der Waals surface area contributed by atoms with Gasteiger partial charge in [0.2, 0.25) is 0 Å². The molecule has 0 radical (unpaired) electrons. The van der Waals surface area contributed by atoms with Gasteiger partial charge in [-0.25, -0.2) is 0 Å². The maximum atomic E-state index is 13.0. The van der Waals surface area contributed by atoms with Crippen molar-refractivity contribution < 1.29 is 24.2 Å². The Bertz CT molecular complexity index is 1050. The Kier molecular flexibility index (Phi) is 5.89. The number of ketones is 1. The van der Waals surface area contributed by atoms with Gasteiger partial charge in [0.05, 0.1) is 11.6 Å². The van der Waals surface area contributed by atoms with Crippen LogP contribution in [0.25, 0.3) is 5.76 Å². The number of carbonyl (C=O) groups is 2. The Morgan fingerprint density at radius 2 is 1.77 bits per heavy atom. The molecule has 0 unspecified atom stereocenters. The Balaban J connectivity index is 1.81. The predicted octanol–water partition coefficient (Wildman–Crippen LogP) is 3.09. The number of likely N-dealkylation sites (tertiary alicyclic amines) is 1. The molecule has 162 valence electrons. The molecule has 2 aromatic carbocycles. The number of Topliss-reactive ketones (excluding diaryl/α,β-unsaturated/α-hetero) is 1. The maximum absolute atomic E-state index is 13.0. The molecule has 2 aliphatic heterocycles. The van der Waals surface area contributed by atoms with Crippen molar-refractivity contribution in [3.63, 3.8) is 0 Å². The first-order valence-electron chi connectivity index (χ1n) is 9.95. The van der Waals surface area contributed by atoms with Gasteiger partial charge in [0.1, 0.15) is 19.0 Å². The summed E-state index contributed by atoms with van der Waals surface area (Å²) in [5.41, 5.74) is 1.12. The molecular formula is C23H23ClN2O5. The van der Waals surface area contributed by atoms with E-state index < -0.39 is 17.7 Å². The number of amides is 1. The monoisotopic (exact) mass is 442 g/mol. The molecule has 0 aromatic heterocycles. The lowest BCUT2D eigenvalue weighted by atomic mass is 9.95. The summed E-state index contributed by atoms with van der Waals surface area (Å²) >= 11 is 6.04. The summed E-state index contributed by atoms with van der Waals surface area (Å²) in [5, 5.41) is 11.7. The van der Waals surface area contributed by atoms with Crippen LogP contribution in [0.3, 0.4) is 0 Å². The quantitative estimate of drug-likeness (QED) is 0.435. The number of halogens is 1. The zero-order valence-electron chi connectivity index (χ0n) is 17.3. The van der Waals surface area contributed by atoms with Gasteiger partial charge < -0.3 is 24.4 Å². The summed E-state index contributed by atoms with van der Waals surface area (Å²) < 4.78 is 11.1. The van der Waals surface area contributed by atoms with Crippen LogP contribution >= 0.6 is 11.6 Å². The lowest BCUT2D eigenvalue weighted by molar-refractivity contribution is -0.140. The standard InChI is InChI=1S/C23H23ClN2O5/c1-25(2)9-10-26-20(14-3-6-16(24)7-4-14)19(22(28)23(26)29)21(27)15-5-8-17-18(13-15)31-12-11-30-17/h3-8,13,20,27H,9-12H2,1-2H3/t20-/m0/s1. The van der Waals surface area contributed by atoms with Crippen molar-refractivity contribution in [1.82, 2.24) is 9.80 Å². The first-order valence-corrected chi connectivity index (χ1v) is 10.3. The van der Waals surface area contributed by atoms with Crippen LogP contribution in [0.4, 0.5) is 0 Å². The van der Waals surface area contributed by atoms with Crippen LogP contribution in [0.2, 0.25) is 5.02 Å². The number of likely N-dealkylation sites (N-methyl/N-ethyl adjacent to an activating group) is 1. The van der Waals surface area contributed by atoms with E-state index in [1.54, 1.807) is 42.5 Å². The third kappa shape index (κ3) is 4.11. The molecule has 4 rings (SSSR count). The third-order valence-electron chi connectivity index (χ3n) is 5.33. The minimum atomic E-state index is -0.717. The Morgan fingerprint density at radius 1 is 1.10 bits per heavy atom. The largest absolute Gasteiger partial charge is 0.507 e. The van der Waals surface area contributed by atoms with Gasteiger partial charge in [-0.15, -0.1) is 0 Å². The summed E-state index contributed by atoms with van der Waals surface area (Å²) in [6.45, 7) is 1.76. The second-order valence-corrected chi connectivity index (χ2v) is 8.14. The van der Waals surface area contributed by atoms with Crippen LogP contribution in [0.15, 0.2) is 48.0 Å². The van der Waals surface area contributed by atoms with Crippen LogP contribution in [-0.4, -0.2) is 67.0 Å². The molecule has 1 N–H and O–H groups in total. The summed E-state index contributed by atoms with van der Waals surface area (Å²) in [6, 6.07) is 11.2. The van der Waals surface area contributed by atoms with Gasteiger partial charge in [-0.1, -0.05) is 23.7 Å². The topological polar surface area (TPSA) is 79.3 Å². The highest BCUT2D eigenvalue weighted by Gasteiger charge is 2.45.